The number of aromatic hydroxyl groups is 1. The lowest BCUT2D eigenvalue weighted by atomic mass is 10.1. The van der Waals surface area contributed by atoms with Crippen LogP contribution in [0.2, 0.25) is 0 Å². The summed E-state index contributed by atoms with van der Waals surface area (Å²) in [5.74, 6) is 0.877. The van der Waals surface area contributed by atoms with Gasteiger partial charge in [-0.15, -0.1) is 0 Å². The molecule has 0 unspecified atom stereocenters. The molecule has 0 atom stereocenters. The Morgan fingerprint density at radius 3 is 2.57 bits per heavy atom. The second kappa shape index (κ2) is 2.95. The number of benzene rings is 1. The summed E-state index contributed by atoms with van der Waals surface area (Å²) in [6.07, 6.45) is 0. The van der Waals surface area contributed by atoms with E-state index in [0.717, 1.165) is 5.56 Å². The molecule has 2 rings (SSSR count). The van der Waals surface area contributed by atoms with Gasteiger partial charge in [0, 0.05) is 11.6 Å². The van der Waals surface area contributed by atoms with E-state index < -0.39 is 0 Å². The SMILES string of the molecule is Nc1cc(-c2ccc(O)c(N)c2)on1. The fourth-order valence-electron chi connectivity index (χ4n) is 1.13. The largest absolute Gasteiger partial charge is 0.506 e. The Hall–Kier alpha value is -2.17. The number of nitrogen functional groups attached to an aromatic ring is 2. The van der Waals surface area contributed by atoms with Crippen molar-refractivity contribution >= 4 is 11.5 Å². The number of nitrogens with zero attached hydrogens (tertiary/aromatic N) is 1. The number of phenolic OH excluding ortho intramolecular Hbond substituents is 1. The van der Waals surface area contributed by atoms with Gasteiger partial charge in [0.25, 0.3) is 0 Å². The molecule has 5 heteroatoms. The highest BCUT2D eigenvalue weighted by atomic mass is 16.5. The lowest BCUT2D eigenvalue weighted by Crippen LogP contribution is -1.85. The maximum atomic E-state index is 9.20. The second-order valence-electron chi connectivity index (χ2n) is 2.89. The smallest absolute Gasteiger partial charge is 0.169 e. The number of nitrogens with two attached hydrogens (primary N) is 2. The molecule has 0 aliphatic heterocycles. The molecule has 2 aromatic rings. The summed E-state index contributed by atoms with van der Waals surface area (Å²) in [4.78, 5) is 0. The van der Waals surface area contributed by atoms with E-state index in [0.29, 0.717) is 11.6 Å². The van der Waals surface area contributed by atoms with Gasteiger partial charge in [-0.1, -0.05) is 5.16 Å². The predicted octanol–water partition coefficient (Wildman–Crippen LogP) is 1.21. The molecule has 0 spiro atoms. The Balaban J connectivity index is 2.47. The van der Waals surface area contributed by atoms with Crippen molar-refractivity contribution in [2.45, 2.75) is 0 Å². The van der Waals surface area contributed by atoms with Crippen LogP contribution in [-0.2, 0) is 0 Å². The van der Waals surface area contributed by atoms with Crippen LogP contribution in [0.4, 0.5) is 11.5 Å². The first-order valence-corrected chi connectivity index (χ1v) is 3.98. The summed E-state index contributed by atoms with van der Waals surface area (Å²) in [7, 11) is 0. The fourth-order valence-corrected chi connectivity index (χ4v) is 1.13. The Morgan fingerprint density at radius 1 is 1.21 bits per heavy atom. The highest BCUT2D eigenvalue weighted by molar-refractivity contribution is 5.68. The number of phenols is 1. The lowest BCUT2D eigenvalue weighted by molar-refractivity contribution is 0.435. The van der Waals surface area contributed by atoms with Crippen molar-refractivity contribution in [2.75, 3.05) is 11.5 Å². The first kappa shape index (κ1) is 8.43. The summed E-state index contributed by atoms with van der Waals surface area (Å²) in [5, 5.41) is 12.7. The summed E-state index contributed by atoms with van der Waals surface area (Å²) >= 11 is 0. The highest BCUT2D eigenvalue weighted by Crippen LogP contribution is 2.28. The van der Waals surface area contributed by atoms with Crippen LogP contribution in [0.25, 0.3) is 11.3 Å². The molecule has 14 heavy (non-hydrogen) atoms. The second-order valence-corrected chi connectivity index (χ2v) is 2.89. The Bertz CT molecular complexity index is 465. The molecule has 5 N–H and O–H groups in total. The van der Waals surface area contributed by atoms with Crippen molar-refractivity contribution in [3.05, 3.63) is 24.3 Å². The summed E-state index contributed by atoms with van der Waals surface area (Å²) < 4.78 is 4.93. The van der Waals surface area contributed by atoms with Gasteiger partial charge < -0.3 is 21.1 Å². The molecule has 1 aromatic heterocycles. The van der Waals surface area contributed by atoms with Crippen molar-refractivity contribution in [2.24, 2.45) is 0 Å². The zero-order valence-electron chi connectivity index (χ0n) is 7.27. The normalized spacial score (nSPS) is 10.3. The van der Waals surface area contributed by atoms with E-state index in [2.05, 4.69) is 5.16 Å². The monoisotopic (exact) mass is 191 g/mol. The highest BCUT2D eigenvalue weighted by Gasteiger charge is 2.06. The maximum Gasteiger partial charge on any atom is 0.169 e. The van der Waals surface area contributed by atoms with Crippen LogP contribution >= 0.6 is 0 Å². The predicted molar refractivity (Wildman–Crippen MR) is 52.4 cm³/mol. The molecular formula is C9H9N3O2. The van der Waals surface area contributed by atoms with Gasteiger partial charge in [-0.05, 0) is 18.2 Å². The van der Waals surface area contributed by atoms with Gasteiger partial charge >= 0.3 is 0 Å². The third-order valence-corrected chi connectivity index (χ3v) is 1.84. The average Bonchev–Trinajstić information content (AvgIpc) is 2.57. The molecule has 0 amide bonds. The minimum atomic E-state index is 0.0428. The molecule has 1 heterocycles. The Labute approximate surface area is 79.9 Å². The van der Waals surface area contributed by atoms with Crippen molar-refractivity contribution in [1.29, 1.82) is 0 Å². The molecule has 0 radical (unpaired) electrons. The number of anilines is 2. The van der Waals surface area contributed by atoms with Gasteiger partial charge in [0.1, 0.15) is 5.75 Å². The number of hydrogen-bond acceptors (Lipinski definition) is 5. The third kappa shape index (κ3) is 1.35. The van der Waals surface area contributed by atoms with Gasteiger partial charge in [0.15, 0.2) is 11.6 Å². The van der Waals surface area contributed by atoms with E-state index in [4.69, 9.17) is 16.0 Å². The van der Waals surface area contributed by atoms with Crippen LogP contribution in [0.1, 0.15) is 0 Å². The van der Waals surface area contributed by atoms with E-state index in [-0.39, 0.29) is 11.4 Å². The minimum Gasteiger partial charge on any atom is -0.506 e. The minimum absolute atomic E-state index is 0.0428. The van der Waals surface area contributed by atoms with E-state index in [1.165, 1.54) is 6.07 Å². The van der Waals surface area contributed by atoms with E-state index in [1.54, 1.807) is 18.2 Å². The van der Waals surface area contributed by atoms with E-state index in [1.807, 2.05) is 0 Å². The zero-order chi connectivity index (χ0) is 10.1. The van der Waals surface area contributed by atoms with Gasteiger partial charge in [-0.3, -0.25) is 0 Å². The quantitative estimate of drug-likeness (QED) is 0.465. The zero-order valence-corrected chi connectivity index (χ0v) is 7.27. The van der Waals surface area contributed by atoms with Crippen molar-refractivity contribution < 1.29 is 9.63 Å². The average molecular weight is 191 g/mol. The van der Waals surface area contributed by atoms with Gasteiger partial charge in [-0.25, -0.2) is 0 Å². The molecule has 0 saturated heterocycles. The number of hydrogen-bond donors (Lipinski definition) is 3. The standard InChI is InChI=1S/C9H9N3O2/c10-6-3-5(1-2-7(6)13)8-4-9(11)12-14-8/h1-4,13H,10H2,(H2,11,12). The van der Waals surface area contributed by atoms with Crippen LogP contribution in [0, 0.1) is 0 Å². The topological polar surface area (TPSA) is 98.3 Å². The summed E-state index contributed by atoms with van der Waals surface area (Å²) in [6, 6.07) is 6.34. The van der Waals surface area contributed by atoms with Crippen LogP contribution < -0.4 is 11.5 Å². The van der Waals surface area contributed by atoms with Crippen LogP contribution in [0.3, 0.4) is 0 Å². The molecule has 0 bridgehead atoms. The maximum absolute atomic E-state index is 9.20. The van der Waals surface area contributed by atoms with E-state index in [9.17, 15) is 5.11 Å². The lowest BCUT2D eigenvalue weighted by Gasteiger charge is -1.99. The molecule has 72 valence electrons. The molecule has 1 aromatic carbocycles. The molecule has 5 nitrogen and oxygen atoms in total. The van der Waals surface area contributed by atoms with Crippen molar-refractivity contribution in [3.8, 4) is 17.1 Å². The summed E-state index contributed by atoms with van der Waals surface area (Å²) in [6.45, 7) is 0. The Morgan fingerprint density at radius 2 is 2.00 bits per heavy atom. The third-order valence-electron chi connectivity index (χ3n) is 1.84. The van der Waals surface area contributed by atoms with Crippen LogP contribution in [-0.4, -0.2) is 10.3 Å². The summed E-state index contributed by atoms with van der Waals surface area (Å²) in [5.41, 5.74) is 11.9. The molecule has 0 aliphatic carbocycles. The number of rotatable bonds is 1. The van der Waals surface area contributed by atoms with Crippen LogP contribution in [0.5, 0.6) is 5.75 Å². The van der Waals surface area contributed by atoms with Gasteiger partial charge in [0.2, 0.25) is 0 Å². The Kier molecular flexibility index (Phi) is 1.78. The van der Waals surface area contributed by atoms with Crippen molar-refractivity contribution in [3.63, 3.8) is 0 Å². The van der Waals surface area contributed by atoms with Crippen LogP contribution in [0.15, 0.2) is 28.8 Å². The van der Waals surface area contributed by atoms with Crippen molar-refractivity contribution in [1.82, 2.24) is 5.16 Å². The fraction of sp³-hybridized carbons (Fsp3) is 0. The first-order chi connectivity index (χ1) is 6.66. The first-order valence-electron chi connectivity index (χ1n) is 3.98. The number of aromatic nitrogens is 1. The van der Waals surface area contributed by atoms with Gasteiger partial charge in [0.05, 0.1) is 5.69 Å². The molecule has 0 fully saturated rings. The molecule has 0 aliphatic rings. The van der Waals surface area contributed by atoms with Gasteiger partial charge in [-0.2, -0.15) is 0 Å². The molecule has 0 saturated carbocycles. The van der Waals surface area contributed by atoms with E-state index >= 15 is 0 Å². The molecular weight excluding hydrogens is 182 g/mol.